The zero-order chi connectivity index (χ0) is 14.8. The Kier molecular flexibility index (Phi) is 7.13. The minimum Gasteiger partial charge on any atom is -0.0985 e. The molecular formula is C20H24. The molecule has 104 valence electrons. The Morgan fingerprint density at radius 2 is 1.45 bits per heavy atom. The molecule has 2 rings (SSSR count). The summed E-state index contributed by atoms with van der Waals surface area (Å²) in [6.07, 6.45) is 6.21. The van der Waals surface area contributed by atoms with Gasteiger partial charge in [0.25, 0.3) is 0 Å². The SMILES string of the molecule is C=Cc1ccc(C)cc1.CC(C)C=Cc1ccccc1. The van der Waals surface area contributed by atoms with Crippen molar-refractivity contribution in [1.29, 1.82) is 0 Å². The summed E-state index contributed by atoms with van der Waals surface area (Å²) in [5.74, 6) is 0.634. The second-order valence-electron chi connectivity index (χ2n) is 5.13. The lowest BCUT2D eigenvalue weighted by Crippen LogP contribution is -1.76. The lowest BCUT2D eigenvalue weighted by Gasteiger charge is -1.93. The van der Waals surface area contributed by atoms with Crippen molar-refractivity contribution in [3.8, 4) is 0 Å². The van der Waals surface area contributed by atoms with E-state index in [1.54, 1.807) is 0 Å². The molecule has 0 spiro atoms. The molecule has 2 aromatic carbocycles. The molecule has 0 saturated heterocycles. The van der Waals surface area contributed by atoms with Gasteiger partial charge in [-0.2, -0.15) is 0 Å². The molecule has 0 radical (unpaired) electrons. The first-order valence-corrected chi connectivity index (χ1v) is 7.04. The third-order valence-electron chi connectivity index (χ3n) is 2.79. The maximum Gasteiger partial charge on any atom is -0.0260 e. The van der Waals surface area contributed by atoms with Crippen molar-refractivity contribution >= 4 is 12.2 Å². The standard InChI is InChI=1S/C11H14.C9H10/c1-10(2)8-9-11-6-4-3-5-7-11;1-3-9-6-4-8(2)5-7-9/h3-10H,1-2H3;3-7H,1H2,2H3. The van der Waals surface area contributed by atoms with Crippen LogP contribution in [0.1, 0.15) is 30.5 Å². The van der Waals surface area contributed by atoms with Crippen molar-refractivity contribution in [1.82, 2.24) is 0 Å². The van der Waals surface area contributed by atoms with Crippen LogP contribution in [-0.4, -0.2) is 0 Å². The summed E-state index contributed by atoms with van der Waals surface area (Å²) in [4.78, 5) is 0. The van der Waals surface area contributed by atoms with Crippen LogP contribution in [0.3, 0.4) is 0 Å². The summed E-state index contributed by atoms with van der Waals surface area (Å²) in [5, 5.41) is 0. The fraction of sp³-hybridized carbons (Fsp3) is 0.200. The fourth-order valence-corrected chi connectivity index (χ4v) is 1.57. The topological polar surface area (TPSA) is 0 Å². The predicted octanol–water partition coefficient (Wildman–Crippen LogP) is 5.99. The molecule has 20 heavy (non-hydrogen) atoms. The zero-order valence-corrected chi connectivity index (χ0v) is 12.7. The van der Waals surface area contributed by atoms with Gasteiger partial charge in [-0.15, -0.1) is 0 Å². The highest BCUT2D eigenvalue weighted by molar-refractivity contribution is 5.48. The van der Waals surface area contributed by atoms with E-state index in [1.807, 2.05) is 12.1 Å². The highest BCUT2D eigenvalue weighted by atomic mass is 13.9. The second kappa shape index (κ2) is 8.92. The highest BCUT2D eigenvalue weighted by Crippen LogP contribution is 2.04. The molecule has 0 aliphatic carbocycles. The number of aryl methyl sites for hydroxylation is 1. The van der Waals surface area contributed by atoms with Gasteiger partial charge in [-0.1, -0.05) is 98.8 Å². The molecule has 0 amide bonds. The van der Waals surface area contributed by atoms with E-state index < -0.39 is 0 Å². The zero-order valence-electron chi connectivity index (χ0n) is 12.7. The largest absolute Gasteiger partial charge is 0.0985 e. The summed E-state index contributed by atoms with van der Waals surface area (Å²) in [7, 11) is 0. The van der Waals surface area contributed by atoms with Crippen LogP contribution in [0, 0.1) is 12.8 Å². The van der Waals surface area contributed by atoms with Crippen molar-refractivity contribution in [2.75, 3.05) is 0 Å². The Balaban J connectivity index is 0.000000204. The third kappa shape index (κ3) is 6.75. The van der Waals surface area contributed by atoms with Gasteiger partial charge in [0.1, 0.15) is 0 Å². The van der Waals surface area contributed by atoms with Gasteiger partial charge in [0.05, 0.1) is 0 Å². The van der Waals surface area contributed by atoms with Crippen molar-refractivity contribution < 1.29 is 0 Å². The van der Waals surface area contributed by atoms with Gasteiger partial charge in [0.15, 0.2) is 0 Å². The van der Waals surface area contributed by atoms with Gasteiger partial charge in [0.2, 0.25) is 0 Å². The first-order valence-electron chi connectivity index (χ1n) is 7.04. The van der Waals surface area contributed by atoms with Crippen LogP contribution in [0.25, 0.3) is 12.2 Å². The predicted molar refractivity (Wildman–Crippen MR) is 91.6 cm³/mol. The van der Waals surface area contributed by atoms with Crippen LogP contribution in [0.15, 0.2) is 67.3 Å². The molecule has 0 fully saturated rings. The van der Waals surface area contributed by atoms with Gasteiger partial charge in [-0.3, -0.25) is 0 Å². The van der Waals surface area contributed by atoms with Crippen molar-refractivity contribution in [3.63, 3.8) is 0 Å². The summed E-state index contributed by atoms with van der Waals surface area (Å²) >= 11 is 0. The van der Waals surface area contributed by atoms with Gasteiger partial charge >= 0.3 is 0 Å². The van der Waals surface area contributed by atoms with E-state index in [9.17, 15) is 0 Å². The average molecular weight is 264 g/mol. The van der Waals surface area contributed by atoms with Crippen LogP contribution in [0.4, 0.5) is 0 Å². The number of rotatable bonds is 3. The molecule has 0 nitrogen and oxygen atoms in total. The molecule has 0 bridgehead atoms. The smallest absolute Gasteiger partial charge is 0.0260 e. The number of hydrogen-bond acceptors (Lipinski definition) is 0. The molecule has 0 saturated carbocycles. The van der Waals surface area contributed by atoms with Gasteiger partial charge in [-0.05, 0) is 24.0 Å². The molecule has 0 atom stereocenters. The van der Waals surface area contributed by atoms with Crippen molar-refractivity contribution in [2.45, 2.75) is 20.8 Å². The van der Waals surface area contributed by atoms with Crippen molar-refractivity contribution in [2.24, 2.45) is 5.92 Å². The van der Waals surface area contributed by atoms with Crippen LogP contribution in [-0.2, 0) is 0 Å². The quantitative estimate of drug-likeness (QED) is 0.638. The minimum atomic E-state index is 0.634. The van der Waals surface area contributed by atoms with E-state index >= 15 is 0 Å². The van der Waals surface area contributed by atoms with Crippen LogP contribution in [0.2, 0.25) is 0 Å². The average Bonchev–Trinajstić information content (AvgIpc) is 2.48. The lowest BCUT2D eigenvalue weighted by molar-refractivity contribution is 0.836. The molecule has 2 aromatic rings. The molecule has 0 aliphatic heterocycles. The molecule has 0 aliphatic rings. The fourth-order valence-electron chi connectivity index (χ4n) is 1.57. The first-order chi connectivity index (χ1) is 9.61. The van der Waals surface area contributed by atoms with Gasteiger partial charge in [0, 0.05) is 0 Å². The Morgan fingerprint density at radius 3 is 1.95 bits per heavy atom. The normalized spacial score (nSPS) is 10.2. The maximum absolute atomic E-state index is 3.66. The Bertz CT molecular complexity index is 516. The highest BCUT2D eigenvalue weighted by Gasteiger charge is 1.85. The molecule has 0 heterocycles. The minimum absolute atomic E-state index is 0.634. The summed E-state index contributed by atoms with van der Waals surface area (Å²) < 4.78 is 0. The third-order valence-corrected chi connectivity index (χ3v) is 2.79. The van der Waals surface area contributed by atoms with E-state index in [-0.39, 0.29) is 0 Å². The summed E-state index contributed by atoms with van der Waals surface area (Å²) in [6.45, 7) is 10.1. The summed E-state index contributed by atoms with van der Waals surface area (Å²) in [5.41, 5.74) is 3.75. The Labute approximate surface area is 123 Å². The first kappa shape index (κ1) is 16.0. The monoisotopic (exact) mass is 264 g/mol. The van der Waals surface area contributed by atoms with E-state index in [2.05, 4.69) is 88.0 Å². The Hall–Kier alpha value is -2.08. The van der Waals surface area contributed by atoms with E-state index in [4.69, 9.17) is 0 Å². The van der Waals surface area contributed by atoms with Gasteiger partial charge < -0.3 is 0 Å². The second-order valence-corrected chi connectivity index (χ2v) is 5.13. The molecule has 0 heteroatoms. The molecular weight excluding hydrogens is 240 g/mol. The van der Waals surface area contributed by atoms with E-state index in [0.29, 0.717) is 5.92 Å². The van der Waals surface area contributed by atoms with E-state index in [0.717, 1.165) is 0 Å². The van der Waals surface area contributed by atoms with Crippen LogP contribution >= 0.6 is 0 Å². The Morgan fingerprint density at radius 1 is 0.850 bits per heavy atom. The number of hydrogen-bond donors (Lipinski definition) is 0. The number of benzene rings is 2. The lowest BCUT2D eigenvalue weighted by atomic mass is 10.1. The van der Waals surface area contributed by atoms with Crippen LogP contribution in [0.5, 0.6) is 0 Å². The van der Waals surface area contributed by atoms with Gasteiger partial charge in [-0.25, -0.2) is 0 Å². The number of allylic oxidation sites excluding steroid dienone is 1. The van der Waals surface area contributed by atoms with E-state index in [1.165, 1.54) is 16.7 Å². The maximum atomic E-state index is 3.66. The van der Waals surface area contributed by atoms with Crippen LogP contribution < -0.4 is 0 Å². The molecule has 0 aromatic heterocycles. The molecule has 0 unspecified atom stereocenters. The summed E-state index contributed by atoms with van der Waals surface area (Å²) in [6, 6.07) is 18.6. The van der Waals surface area contributed by atoms with Crippen molar-refractivity contribution in [3.05, 3.63) is 83.9 Å². The molecule has 0 N–H and O–H groups in total.